The highest BCUT2D eigenvalue weighted by atomic mass is 35.5. The predicted molar refractivity (Wildman–Crippen MR) is 96.8 cm³/mol. The van der Waals surface area contributed by atoms with Crippen LogP contribution in [-0.4, -0.2) is 33.2 Å². The molecular weight excluding hydrogens is 376 g/mol. The first-order valence-electron chi connectivity index (χ1n) is 7.98. The summed E-state index contributed by atoms with van der Waals surface area (Å²) in [5, 5.41) is 6.66. The Labute approximate surface area is 157 Å². The van der Waals surface area contributed by atoms with Gasteiger partial charge in [-0.2, -0.15) is 0 Å². The van der Waals surface area contributed by atoms with E-state index in [1.807, 2.05) is 0 Å². The Morgan fingerprint density at radius 1 is 1.37 bits per heavy atom. The van der Waals surface area contributed by atoms with Gasteiger partial charge in [-0.15, -0.1) is 0 Å². The van der Waals surface area contributed by atoms with Crippen molar-refractivity contribution in [2.24, 2.45) is 0 Å². The number of carbonyl (C=O) groups excluding carboxylic acids is 2. The zero-order chi connectivity index (χ0) is 19.6. The van der Waals surface area contributed by atoms with Crippen LogP contribution >= 0.6 is 11.6 Å². The number of hydrogen-bond donors (Lipinski definition) is 1. The van der Waals surface area contributed by atoms with Crippen molar-refractivity contribution in [3.63, 3.8) is 0 Å². The normalized spacial score (nSPS) is 10.8. The Morgan fingerprint density at radius 2 is 2.15 bits per heavy atom. The summed E-state index contributed by atoms with van der Waals surface area (Å²) in [5.41, 5.74) is 0.345. The summed E-state index contributed by atoms with van der Waals surface area (Å²) in [7, 11) is 0. The standard InChI is InChI=1S/C17H15ClN4O5/c1-3-26-17(25)14-13-15(27-21-14)19-8-22(16(13)24)7-12(23)20-11-5-4-10(18)6-9(11)2/h4-6,8H,3,7H2,1-2H3,(H,20,23). The fourth-order valence-electron chi connectivity index (χ4n) is 2.44. The average molecular weight is 391 g/mol. The number of halogens is 1. The molecule has 1 amide bonds. The zero-order valence-corrected chi connectivity index (χ0v) is 15.2. The second-order valence-corrected chi connectivity index (χ2v) is 6.05. The van der Waals surface area contributed by atoms with Gasteiger partial charge in [-0.3, -0.25) is 14.2 Å². The maximum Gasteiger partial charge on any atom is 0.361 e. The molecule has 2 aromatic heterocycles. The van der Waals surface area contributed by atoms with Gasteiger partial charge in [0.1, 0.15) is 18.3 Å². The lowest BCUT2D eigenvalue weighted by Gasteiger charge is -2.09. The van der Waals surface area contributed by atoms with Gasteiger partial charge < -0.3 is 14.6 Å². The molecule has 0 fully saturated rings. The fraction of sp³-hybridized carbons (Fsp3) is 0.235. The minimum Gasteiger partial charge on any atom is -0.461 e. The topological polar surface area (TPSA) is 116 Å². The van der Waals surface area contributed by atoms with E-state index in [-0.39, 0.29) is 29.9 Å². The molecule has 0 aliphatic rings. The lowest BCUT2D eigenvalue weighted by Crippen LogP contribution is -2.28. The van der Waals surface area contributed by atoms with Crippen molar-refractivity contribution in [2.75, 3.05) is 11.9 Å². The molecular formula is C17H15ClN4O5. The SMILES string of the molecule is CCOC(=O)c1noc2ncn(CC(=O)Nc3ccc(Cl)cc3C)c(=O)c12. The molecule has 0 bridgehead atoms. The van der Waals surface area contributed by atoms with E-state index in [0.29, 0.717) is 10.7 Å². The minimum atomic E-state index is -0.797. The molecule has 1 N–H and O–H groups in total. The van der Waals surface area contributed by atoms with Crippen molar-refractivity contribution < 1.29 is 18.8 Å². The van der Waals surface area contributed by atoms with Crippen LogP contribution in [0.3, 0.4) is 0 Å². The number of hydrogen-bond acceptors (Lipinski definition) is 7. The number of ether oxygens (including phenoxy) is 1. The first-order valence-corrected chi connectivity index (χ1v) is 8.36. The van der Waals surface area contributed by atoms with Gasteiger partial charge >= 0.3 is 5.97 Å². The number of nitrogens with one attached hydrogen (secondary N) is 1. The quantitative estimate of drug-likeness (QED) is 0.663. The van der Waals surface area contributed by atoms with Crippen molar-refractivity contribution >= 4 is 40.3 Å². The Balaban J connectivity index is 1.87. The molecule has 0 aliphatic carbocycles. The van der Waals surface area contributed by atoms with Crippen LogP contribution in [0.1, 0.15) is 23.0 Å². The Hall–Kier alpha value is -3.20. The van der Waals surface area contributed by atoms with E-state index in [4.69, 9.17) is 20.9 Å². The number of aryl methyl sites for hydroxylation is 1. The second kappa shape index (κ2) is 7.58. The summed E-state index contributed by atoms with van der Waals surface area (Å²) < 4.78 is 10.8. The number of fused-ring (bicyclic) bond motifs is 1. The number of rotatable bonds is 5. The first kappa shape index (κ1) is 18.6. The van der Waals surface area contributed by atoms with E-state index in [1.165, 1.54) is 0 Å². The minimum absolute atomic E-state index is 0.103. The molecule has 3 aromatic rings. The molecule has 1 aromatic carbocycles. The lowest BCUT2D eigenvalue weighted by molar-refractivity contribution is -0.116. The van der Waals surface area contributed by atoms with Gasteiger partial charge in [0, 0.05) is 10.7 Å². The maximum atomic E-state index is 12.6. The van der Waals surface area contributed by atoms with E-state index in [2.05, 4.69) is 15.5 Å². The third-order valence-electron chi connectivity index (χ3n) is 3.71. The number of aromatic nitrogens is 3. The van der Waals surface area contributed by atoms with Gasteiger partial charge in [0.2, 0.25) is 11.6 Å². The molecule has 0 radical (unpaired) electrons. The molecule has 2 heterocycles. The van der Waals surface area contributed by atoms with E-state index in [9.17, 15) is 14.4 Å². The Morgan fingerprint density at radius 3 is 2.85 bits per heavy atom. The summed E-state index contributed by atoms with van der Waals surface area (Å²) in [5.74, 6) is -1.24. The van der Waals surface area contributed by atoms with Crippen LogP contribution in [0, 0.1) is 6.92 Å². The maximum absolute atomic E-state index is 12.6. The fourth-order valence-corrected chi connectivity index (χ4v) is 2.67. The number of carbonyl (C=O) groups is 2. The summed E-state index contributed by atoms with van der Waals surface area (Å²) >= 11 is 5.89. The number of esters is 1. The molecule has 0 atom stereocenters. The largest absolute Gasteiger partial charge is 0.461 e. The monoisotopic (exact) mass is 390 g/mol. The van der Waals surface area contributed by atoms with Crippen LogP contribution < -0.4 is 10.9 Å². The highest BCUT2D eigenvalue weighted by Gasteiger charge is 2.22. The van der Waals surface area contributed by atoms with Crippen LogP contribution in [0.4, 0.5) is 5.69 Å². The van der Waals surface area contributed by atoms with Gasteiger partial charge in [0.15, 0.2) is 0 Å². The van der Waals surface area contributed by atoms with Gasteiger partial charge in [-0.1, -0.05) is 16.8 Å². The summed E-state index contributed by atoms with van der Waals surface area (Å²) in [6.07, 6.45) is 1.15. The second-order valence-electron chi connectivity index (χ2n) is 5.62. The molecule has 0 saturated heterocycles. The smallest absolute Gasteiger partial charge is 0.361 e. The van der Waals surface area contributed by atoms with E-state index < -0.39 is 17.4 Å². The predicted octanol–water partition coefficient (Wildman–Crippen LogP) is 2.16. The third-order valence-corrected chi connectivity index (χ3v) is 3.94. The number of benzene rings is 1. The Bertz CT molecular complexity index is 1090. The van der Waals surface area contributed by atoms with Gasteiger partial charge in [0.25, 0.3) is 11.3 Å². The van der Waals surface area contributed by atoms with Crippen LogP contribution in [0.25, 0.3) is 11.1 Å². The molecule has 9 nitrogen and oxygen atoms in total. The van der Waals surface area contributed by atoms with Crippen LogP contribution in [0.2, 0.25) is 5.02 Å². The molecule has 27 heavy (non-hydrogen) atoms. The van der Waals surface area contributed by atoms with Crippen molar-refractivity contribution in [2.45, 2.75) is 20.4 Å². The van der Waals surface area contributed by atoms with Crippen molar-refractivity contribution in [1.29, 1.82) is 0 Å². The number of amides is 1. The van der Waals surface area contributed by atoms with Crippen LogP contribution in [-0.2, 0) is 16.1 Å². The van der Waals surface area contributed by atoms with E-state index in [1.54, 1.807) is 32.0 Å². The van der Waals surface area contributed by atoms with E-state index in [0.717, 1.165) is 16.5 Å². The van der Waals surface area contributed by atoms with E-state index >= 15 is 0 Å². The van der Waals surface area contributed by atoms with Gasteiger partial charge in [0.05, 0.1) is 6.61 Å². The lowest BCUT2D eigenvalue weighted by atomic mass is 10.2. The van der Waals surface area contributed by atoms with Gasteiger partial charge in [-0.25, -0.2) is 9.78 Å². The number of nitrogens with zero attached hydrogens (tertiary/aromatic N) is 3. The summed E-state index contributed by atoms with van der Waals surface area (Å²) in [6.45, 7) is 3.23. The zero-order valence-electron chi connectivity index (χ0n) is 14.5. The van der Waals surface area contributed by atoms with Crippen LogP contribution in [0.15, 0.2) is 33.8 Å². The third kappa shape index (κ3) is 3.82. The average Bonchev–Trinajstić information content (AvgIpc) is 3.05. The first-order chi connectivity index (χ1) is 12.9. The molecule has 140 valence electrons. The van der Waals surface area contributed by atoms with Crippen molar-refractivity contribution in [1.82, 2.24) is 14.7 Å². The molecule has 0 aliphatic heterocycles. The Kier molecular flexibility index (Phi) is 5.22. The molecule has 0 unspecified atom stereocenters. The summed E-state index contributed by atoms with van der Waals surface area (Å²) in [6, 6.07) is 5.02. The molecule has 3 rings (SSSR count). The molecule has 0 spiro atoms. The summed E-state index contributed by atoms with van der Waals surface area (Å²) in [4.78, 5) is 40.8. The number of anilines is 1. The molecule has 10 heteroatoms. The van der Waals surface area contributed by atoms with Crippen molar-refractivity contribution in [3.8, 4) is 0 Å². The highest BCUT2D eigenvalue weighted by molar-refractivity contribution is 6.30. The highest BCUT2D eigenvalue weighted by Crippen LogP contribution is 2.19. The van der Waals surface area contributed by atoms with Gasteiger partial charge in [-0.05, 0) is 37.6 Å². The van der Waals surface area contributed by atoms with Crippen molar-refractivity contribution in [3.05, 3.63) is 51.2 Å². The molecule has 0 saturated carbocycles. The van der Waals surface area contributed by atoms with Crippen LogP contribution in [0.5, 0.6) is 0 Å².